The third kappa shape index (κ3) is 4.00. The van der Waals surface area contributed by atoms with E-state index in [1.165, 1.54) is 4.90 Å². The van der Waals surface area contributed by atoms with Crippen molar-refractivity contribution >= 4 is 21.7 Å². The second kappa shape index (κ2) is 5.09. The number of carbonyl (C=O) groups is 1. The van der Waals surface area contributed by atoms with Crippen LogP contribution in [0.2, 0.25) is 0 Å². The maximum atomic E-state index is 11.5. The maximum absolute atomic E-state index is 11.5. The Bertz CT molecular complexity index is 455. The molecule has 1 aromatic rings. The number of hydrogen-bond donors (Lipinski definition) is 0. The van der Waals surface area contributed by atoms with Crippen molar-refractivity contribution in [3.8, 4) is 0 Å². The number of anilines is 1. The van der Waals surface area contributed by atoms with E-state index < -0.39 is 22.6 Å². The lowest BCUT2D eigenvalue weighted by atomic mass is 10.3. The van der Waals surface area contributed by atoms with Gasteiger partial charge in [-0.25, -0.2) is 0 Å². The van der Waals surface area contributed by atoms with Crippen LogP contribution in [0.1, 0.15) is 0 Å². The fourth-order valence-electron chi connectivity index (χ4n) is 1.05. The Kier molecular flexibility index (Phi) is 4.03. The summed E-state index contributed by atoms with van der Waals surface area (Å²) in [5.41, 5.74) is 0.685. The van der Waals surface area contributed by atoms with Crippen LogP contribution in [0.3, 0.4) is 0 Å². The summed E-state index contributed by atoms with van der Waals surface area (Å²) >= 11 is 0. The molecular formula is C10H13NO4S. The lowest BCUT2D eigenvalue weighted by Gasteiger charge is -2.16. The molecule has 0 aliphatic heterocycles. The molecule has 0 aliphatic rings. The predicted molar refractivity (Wildman–Crippen MR) is 60.6 cm³/mol. The predicted octanol–water partition coefficient (Wildman–Crippen LogP) is 0.626. The van der Waals surface area contributed by atoms with Crippen LogP contribution in [0.4, 0.5) is 5.69 Å². The Morgan fingerprint density at radius 1 is 1.31 bits per heavy atom. The molecule has 0 saturated carbocycles. The minimum Gasteiger partial charge on any atom is -0.313 e. The molecule has 0 saturated heterocycles. The monoisotopic (exact) mass is 243 g/mol. The number of amides is 1. The van der Waals surface area contributed by atoms with Gasteiger partial charge in [0.25, 0.3) is 16.0 Å². The van der Waals surface area contributed by atoms with E-state index in [2.05, 4.69) is 4.18 Å². The van der Waals surface area contributed by atoms with Gasteiger partial charge >= 0.3 is 0 Å². The first kappa shape index (κ1) is 12.7. The van der Waals surface area contributed by atoms with E-state index in [1.807, 2.05) is 6.07 Å². The van der Waals surface area contributed by atoms with Crippen molar-refractivity contribution < 1.29 is 17.4 Å². The zero-order valence-corrected chi connectivity index (χ0v) is 9.90. The lowest BCUT2D eigenvalue weighted by molar-refractivity contribution is -0.120. The maximum Gasteiger partial charge on any atom is 0.264 e. The van der Waals surface area contributed by atoms with E-state index in [4.69, 9.17) is 0 Å². The van der Waals surface area contributed by atoms with Crippen LogP contribution in [0, 0.1) is 0 Å². The summed E-state index contributed by atoms with van der Waals surface area (Å²) in [6.07, 6.45) is 0.906. The molecule has 0 heterocycles. The molecule has 0 unspecified atom stereocenters. The minimum absolute atomic E-state index is 0.420. The molecule has 0 spiro atoms. The van der Waals surface area contributed by atoms with Crippen LogP contribution in [0.15, 0.2) is 30.3 Å². The van der Waals surface area contributed by atoms with Crippen molar-refractivity contribution in [2.75, 3.05) is 24.8 Å². The summed E-state index contributed by atoms with van der Waals surface area (Å²) in [6.45, 7) is -0.482. The highest BCUT2D eigenvalue weighted by molar-refractivity contribution is 7.86. The molecule has 1 aromatic carbocycles. The van der Waals surface area contributed by atoms with Gasteiger partial charge in [-0.1, -0.05) is 18.2 Å². The minimum atomic E-state index is -3.58. The van der Waals surface area contributed by atoms with E-state index in [0.29, 0.717) is 5.69 Å². The second-order valence-electron chi connectivity index (χ2n) is 3.25. The molecule has 1 amide bonds. The molecule has 16 heavy (non-hydrogen) atoms. The topological polar surface area (TPSA) is 63.7 Å². The zero-order valence-electron chi connectivity index (χ0n) is 9.08. The van der Waals surface area contributed by atoms with Gasteiger partial charge in [0.2, 0.25) is 0 Å². The van der Waals surface area contributed by atoms with Gasteiger partial charge < -0.3 is 4.90 Å². The fourth-order valence-corrected chi connectivity index (χ4v) is 1.36. The molecule has 1 rings (SSSR count). The van der Waals surface area contributed by atoms with Gasteiger partial charge in [0.15, 0.2) is 0 Å². The molecule has 0 N–H and O–H groups in total. The van der Waals surface area contributed by atoms with Gasteiger partial charge in [0, 0.05) is 12.7 Å². The van der Waals surface area contributed by atoms with Crippen LogP contribution < -0.4 is 4.90 Å². The van der Waals surface area contributed by atoms with Crippen molar-refractivity contribution in [1.82, 2.24) is 0 Å². The number of para-hydroxylation sites is 1. The Morgan fingerprint density at radius 2 is 1.88 bits per heavy atom. The van der Waals surface area contributed by atoms with Crippen molar-refractivity contribution in [3.05, 3.63) is 30.3 Å². The van der Waals surface area contributed by atoms with Gasteiger partial charge in [0.1, 0.15) is 6.61 Å². The summed E-state index contributed by atoms with van der Waals surface area (Å²) in [7, 11) is -2.02. The van der Waals surface area contributed by atoms with Crippen LogP contribution in [-0.2, 0) is 19.1 Å². The number of hydrogen-bond acceptors (Lipinski definition) is 4. The first-order valence-electron chi connectivity index (χ1n) is 4.56. The standard InChI is InChI=1S/C10H13NO4S/c1-11(9-6-4-3-5-7-9)10(12)8-15-16(2,13)14/h3-7H,8H2,1-2H3. The molecule has 0 radical (unpaired) electrons. The molecule has 0 bridgehead atoms. The lowest BCUT2D eigenvalue weighted by Crippen LogP contribution is -2.30. The van der Waals surface area contributed by atoms with Crippen LogP contribution in [0.25, 0.3) is 0 Å². The smallest absolute Gasteiger partial charge is 0.264 e. The Hall–Kier alpha value is -1.40. The van der Waals surface area contributed by atoms with Crippen molar-refractivity contribution in [2.45, 2.75) is 0 Å². The van der Waals surface area contributed by atoms with E-state index in [-0.39, 0.29) is 0 Å². The van der Waals surface area contributed by atoms with Gasteiger partial charge in [0.05, 0.1) is 6.26 Å². The van der Waals surface area contributed by atoms with Crippen molar-refractivity contribution in [2.24, 2.45) is 0 Å². The second-order valence-corrected chi connectivity index (χ2v) is 4.90. The molecule has 0 aromatic heterocycles. The molecule has 0 fully saturated rings. The van der Waals surface area contributed by atoms with Crippen LogP contribution in [-0.4, -0.2) is 34.2 Å². The number of likely N-dealkylation sites (N-methyl/N-ethyl adjacent to an activating group) is 1. The molecule has 5 nitrogen and oxygen atoms in total. The Balaban J connectivity index is 2.62. The number of rotatable bonds is 4. The first-order valence-corrected chi connectivity index (χ1v) is 6.38. The van der Waals surface area contributed by atoms with E-state index in [1.54, 1.807) is 31.3 Å². The third-order valence-corrected chi connectivity index (χ3v) is 2.46. The molecular weight excluding hydrogens is 230 g/mol. The first-order chi connectivity index (χ1) is 7.40. The Morgan fingerprint density at radius 3 is 2.38 bits per heavy atom. The molecule has 88 valence electrons. The average Bonchev–Trinajstić information content (AvgIpc) is 2.25. The van der Waals surface area contributed by atoms with Crippen LogP contribution >= 0.6 is 0 Å². The van der Waals surface area contributed by atoms with E-state index in [9.17, 15) is 13.2 Å². The van der Waals surface area contributed by atoms with Crippen LogP contribution in [0.5, 0.6) is 0 Å². The fraction of sp³-hybridized carbons (Fsp3) is 0.300. The zero-order chi connectivity index (χ0) is 12.2. The highest BCUT2D eigenvalue weighted by atomic mass is 32.2. The number of carbonyl (C=O) groups excluding carboxylic acids is 1. The summed E-state index contributed by atoms with van der Waals surface area (Å²) < 4.78 is 25.8. The van der Waals surface area contributed by atoms with Gasteiger partial charge in [-0.15, -0.1) is 0 Å². The third-order valence-electron chi connectivity index (χ3n) is 1.91. The van der Waals surface area contributed by atoms with E-state index >= 15 is 0 Å². The largest absolute Gasteiger partial charge is 0.313 e. The summed E-state index contributed by atoms with van der Waals surface area (Å²) in [5.74, 6) is -0.420. The molecule has 6 heteroatoms. The summed E-state index contributed by atoms with van der Waals surface area (Å²) in [4.78, 5) is 12.9. The molecule has 0 atom stereocenters. The van der Waals surface area contributed by atoms with E-state index in [0.717, 1.165) is 6.26 Å². The van der Waals surface area contributed by atoms with Crippen molar-refractivity contribution in [1.29, 1.82) is 0 Å². The number of benzene rings is 1. The quantitative estimate of drug-likeness (QED) is 0.727. The SMILES string of the molecule is CN(C(=O)COS(C)(=O)=O)c1ccccc1. The van der Waals surface area contributed by atoms with Crippen molar-refractivity contribution in [3.63, 3.8) is 0 Å². The van der Waals surface area contributed by atoms with Gasteiger partial charge in [-0.2, -0.15) is 8.42 Å². The Labute approximate surface area is 94.8 Å². The normalized spacial score (nSPS) is 11.1. The highest BCUT2D eigenvalue weighted by Gasteiger charge is 2.13. The highest BCUT2D eigenvalue weighted by Crippen LogP contribution is 2.11. The summed E-state index contributed by atoms with van der Waals surface area (Å²) in [6, 6.07) is 8.90. The summed E-state index contributed by atoms with van der Waals surface area (Å²) in [5, 5.41) is 0. The van der Waals surface area contributed by atoms with Gasteiger partial charge in [-0.3, -0.25) is 8.98 Å². The molecule has 0 aliphatic carbocycles. The average molecular weight is 243 g/mol. The number of nitrogens with zero attached hydrogens (tertiary/aromatic N) is 1. The van der Waals surface area contributed by atoms with Gasteiger partial charge in [-0.05, 0) is 12.1 Å².